The minimum atomic E-state index is -0.661. The molecule has 1 atom stereocenters. The molecule has 28 heavy (non-hydrogen) atoms. The summed E-state index contributed by atoms with van der Waals surface area (Å²) in [4.78, 5) is 18.4. The second kappa shape index (κ2) is 8.88. The van der Waals surface area contributed by atoms with Gasteiger partial charge in [0.1, 0.15) is 11.5 Å². The predicted octanol–water partition coefficient (Wildman–Crippen LogP) is 3.93. The van der Waals surface area contributed by atoms with E-state index in [1.807, 2.05) is 24.3 Å². The fourth-order valence-electron chi connectivity index (χ4n) is 2.56. The van der Waals surface area contributed by atoms with Crippen LogP contribution in [0.25, 0.3) is 11.4 Å². The van der Waals surface area contributed by atoms with E-state index in [1.165, 1.54) is 4.90 Å². The lowest BCUT2D eigenvalue weighted by molar-refractivity contribution is -0.137. The quantitative estimate of drug-likeness (QED) is 0.548. The number of likely N-dealkylation sites (N-methyl/N-ethyl adjacent to an activating group) is 1. The van der Waals surface area contributed by atoms with Crippen LogP contribution in [0.3, 0.4) is 0 Å². The van der Waals surface area contributed by atoms with Gasteiger partial charge >= 0.3 is 0 Å². The molecule has 3 rings (SSSR count). The van der Waals surface area contributed by atoms with E-state index in [-0.39, 0.29) is 12.5 Å². The fourth-order valence-corrected chi connectivity index (χ4v) is 2.96. The molecule has 0 fully saturated rings. The summed E-state index contributed by atoms with van der Waals surface area (Å²) in [5.41, 5.74) is 0.828. The van der Waals surface area contributed by atoms with Crippen LogP contribution in [0, 0.1) is 0 Å². The Hall–Kier alpha value is -2.87. The Labute approximate surface area is 171 Å². The average Bonchev–Trinajstić information content (AvgIpc) is 3.16. The van der Waals surface area contributed by atoms with Gasteiger partial charge in [-0.3, -0.25) is 4.79 Å². The molecule has 0 radical (unpaired) electrons. The number of benzene rings is 2. The van der Waals surface area contributed by atoms with Gasteiger partial charge in [0.05, 0.1) is 13.7 Å². The summed E-state index contributed by atoms with van der Waals surface area (Å²) in [7, 11) is 3.26. The monoisotopic (exact) mass is 445 g/mol. The first kappa shape index (κ1) is 19.9. The van der Waals surface area contributed by atoms with Crippen LogP contribution in [-0.4, -0.2) is 41.2 Å². The van der Waals surface area contributed by atoms with E-state index in [4.69, 9.17) is 14.0 Å². The van der Waals surface area contributed by atoms with Crippen LogP contribution in [0.5, 0.6) is 11.5 Å². The smallest absolute Gasteiger partial charge is 0.263 e. The highest BCUT2D eigenvalue weighted by Gasteiger charge is 2.21. The van der Waals surface area contributed by atoms with Crippen molar-refractivity contribution in [2.45, 2.75) is 19.6 Å². The van der Waals surface area contributed by atoms with E-state index < -0.39 is 6.10 Å². The molecule has 0 aliphatic rings. The van der Waals surface area contributed by atoms with Crippen molar-refractivity contribution in [1.82, 2.24) is 15.0 Å². The Bertz CT molecular complexity index is 943. The second-order valence-electron chi connectivity index (χ2n) is 6.15. The Morgan fingerprint density at radius 2 is 1.93 bits per heavy atom. The van der Waals surface area contributed by atoms with Crippen LogP contribution < -0.4 is 9.47 Å². The number of rotatable bonds is 7. The lowest BCUT2D eigenvalue weighted by Crippen LogP contribution is -2.37. The van der Waals surface area contributed by atoms with Crippen LogP contribution in [-0.2, 0) is 11.3 Å². The van der Waals surface area contributed by atoms with E-state index in [9.17, 15) is 4.79 Å². The zero-order chi connectivity index (χ0) is 20.1. The molecule has 0 bridgehead atoms. The predicted molar refractivity (Wildman–Crippen MR) is 107 cm³/mol. The first-order chi connectivity index (χ1) is 13.5. The lowest BCUT2D eigenvalue weighted by Gasteiger charge is -2.20. The van der Waals surface area contributed by atoms with Gasteiger partial charge in [-0.1, -0.05) is 33.2 Å². The largest absolute Gasteiger partial charge is 0.497 e. The van der Waals surface area contributed by atoms with Gasteiger partial charge in [-0.15, -0.1) is 0 Å². The van der Waals surface area contributed by atoms with Crippen molar-refractivity contribution in [2.24, 2.45) is 0 Å². The lowest BCUT2D eigenvalue weighted by atomic mass is 10.2. The van der Waals surface area contributed by atoms with Crippen molar-refractivity contribution >= 4 is 21.8 Å². The molecule has 0 spiro atoms. The summed E-state index contributed by atoms with van der Waals surface area (Å²) in [6.45, 7) is 1.89. The van der Waals surface area contributed by atoms with Crippen molar-refractivity contribution in [3.63, 3.8) is 0 Å². The molecule has 0 aliphatic heterocycles. The molecular weight excluding hydrogens is 426 g/mol. The van der Waals surface area contributed by atoms with Crippen LogP contribution in [0.15, 0.2) is 57.5 Å². The third-order valence-electron chi connectivity index (χ3n) is 4.02. The number of hydrogen-bond acceptors (Lipinski definition) is 6. The average molecular weight is 446 g/mol. The van der Waals surface area contributed by atoms with E-state index in [2.05, 4.69) is 26.1 Å². The SMILES string of the molecule is COc1ccc(O[C@H](C)C(=O)N(C)Cc2nc(-c3cccc(Br)c3)no2)cc1. The highest BCUT2D eigenvalue weighted by molar-refractivity contribution is 9.10. The summed E-state index contributed by atoms with van der Waals surface area (Å²) in [6.07, 6.45) is -0.661. The molecule has 3 aromatic rings. The normalized spacial score (nSPS) is 11.7. The highest BCUT2D eigenvalue weighted by atomic mass is 79.9. The summed E-state index contributed by atoms with van der Waals surface area (Å²) in [5.74, 6) is 1.94. The Morgan fingerprint density at radius 3 is 2.61 bits per heavy atom. The molecule has 2 aromatic carbocycles. The Morgan fingerprint density at radius 1 is 1.21 bits per heavy atom. The van der Waals surface area contributed by atoms with Crippen LogP contribution >= 0.6 is 15.9 Å². The van der Waals surface area contributed by atoms with E-state index in [0.717, 1.165) is 15.8 Å². The van der Waals surface area contributed by atoms with Gasteiger partial charge in [0.2, 0.25) is 11.7 Å². The topological polar surface area (TPSA) is 77.7 Å². The fraction of sp³-hybridized carbons (Fsp3) is 0.250. The van der Waals surface area contributed by atoms with E-state index >= 15 is 0 Å². The van der Waals surface area contributed by atoms with Gasteiger partial charge in [0.15, 0.2) is 6.10 Å². The number of methoxy groups -OCH3 is 1. The number of carbonyl (C=O) groups is 1. The number of nitrogens with zero attached hydrogens (tertiary/aromatic N) is 3. The summed E-state index contributed by atoms with van der Waals surface area (Å²) in [6, 6.07) is 14.7. The number of amides is 1. The molecule has 1 amide bonds. The summed E-state index contributed by atoms with van der Waals surface area (Å²) < 4.78 is 17.0. The van der Waals surface area contributed by atoms with Gasteiger partial charge in [0, 0.05) is 17.1 Å². The first-order valence-corrected chi connectivity index (χ1v) is 9.40. The number of carbonyl (C=O) groups excluding carboxylic acids is 1. The molecule has 8 heteroatoms. The number of aromatic nitrogens is 2. The van der Waals surface area contributed by atoms with Crippen LogP contribution in [0.2, 0.25) is 0 Å². The first-order valence-electron chi connectivity index (χ1n) is 8.60. The van der Waals surface area contributed by atoms with Crippen LogP contribution in [0.1, 0.15) is 12.8 Å². The minimum absolute atomic E-state index is 0.191. The minimum Gasteiger partial charge on any atom is -0.497 e. The molecule has 0 unspecified atom stereocenters. The molecule has 146 valence electrons. The highest BCUT2D eigenvalue weighted by Crippen LogP contribution is 2.21. The molecule has 0 saturated carbocycles. The zero-order valence-electron chi connectivity index (χ0n) is 15.8. The number of halogens is 1. The zero-order valence-corrected chi connectivity index (χ0v) is 17.3. The van der Waals surface area contributed by atoms with Gasteiger partial charge in [-0.2, -0.15) is 4.98 Å². The van der Waals surface area contributed by atoms with Crippen molar-refractivity contribution in [3.8, 4) is 22.9 Å². The maximum atomic E-state index is 12.6. The second-order valence-corrected chi connectivity index (χ2v) is 7.07. The third-order valence-corrected chi connectivity index (χ3v) is 4.51. The van der Waals surface area contributed by atoms with E-state index in [0.29, 0.717) is 17.5 Å². The molecule has 7 nitrogen and oxygen atoms in total. The van der Waals surface area contributed by atoms with Crippen molar-refractivity contribution in [2.75, 3.05) is 14.2 Å². The summed E-state index contributed by atoms with van der Waals surface area (Å²) in [5, 5.41) is 3.98. The summed E-state index contributed by atoms with van der Waals surface area (Å²) >= 11 is 3.42. The maximum absolute atomic E-state index is 12.6. The standard InChI is InChI=1S/C20H20BrN3O4/c1-13(27-17-9-7-16(26-3)8-10-17)20(25)24(2)12-18-22-19(23-28-18)14-5-4-6-15(21)11-14/h4-11,13H,12H2,1-3H3/t13-/m1/s1. The van der Waals surface area contributed by atoms with Gasteiger partial charge in [0.25, 0.3) is 5.91 Å². The number of hydrogen-bond donors (Lipinski definition) is 0. The van der Waals surface area contributed by atoms with Crippen molar-refractivity contribution in [3.05, 3.63) is 58.9 Å². The Kier molecular flexibility index (Phi) is 6.30. The molecule has 1 heterocycles. The number of ether oxygens (including phenoxy) is 2. The van der Waals surface area contributed by atoms with Crippen molar-refractivity contribution in [1.29, 1.82) is 0 Å². The van der Waals surface area contributed by atoms with Crippen LogP contribution in [0.4, 0.5) is 0 Å². The van der Waals surface area contributed by atoms with E-state index in [1.54, 1.807) is 45.3 Å². The van der Waals surface area contributed by atoms with Gasteiger partial charge in [-0.25, -0.2) is 0 Å². The molecule has 0 N–H and O–H groups in total. The van der Waals surface area contributed by atoms with Crippen molar-refractivity contribution < 1.29 is 18.8 Å². The molecule has 0 saturated heterocycles. The molecule has 0 aliphatic carbocycles. The Balaban J connectivity index is 1.60. The van der Waals surface area contributed by atoms with Gasteiger partial charge in [-0.05, 0) is 43.3 Å². The third kappa shape index (κ3) is 4.89. The maximum Gasteiger partial charge on any atom is 0.263 e. The van der Waals surface area contributed by atoms with Gasteiger partial charge < -0.3 is 18.9 Å². The molecular formula is C20H20BrN3O4. The molecule has 1 aromatic heterocycles.